The molecular formula is C19H11ClF3N3O. The van der Waals surface area contributed by atoms with Crippen molar-refractivity contribution in [2.45, 2.75) is 6.18 Å². The number of nitrogens with zero attached hydrogens (tertiary/aromatic N) is 3. The van der Waals surface area contributed by atoms with Gasteiger partial charge in [0.25, 0.3) is 0 Å². The fourth-order valence-corrected chi connectivity index (χ4v) is 2.80. The van der Waals surface area contributed by atoms with Gasteiger partial charge in [0.1, 0.15) is 5.65 Å². The Morgan fingerprint density at radius 1 is 1.11 bits per heavy atom. The number of benzene rings is 1. The van der Waals surface area contributed by atoms with E-state index >= 15 is 0 Å². The molecule has 0 spiro atoms. The lowest BCUT2D eigenvalue weighted by Gasteiger charge is -2.06. The Morgan fingerprint density at radius 2 is 1.96 bits per heavy atom. The molecule has 0 N–H and O–H groups in total. The van der Waals surface area contributed by atoms with Crippen molar-refractivity contribution in [3.63, 3.8) is 0 Å². The van der Waals surface area contributed by atoms with Crippen LogP contribution in [0.1, 0.15) is 11.1 Å². The molecule has 136 valence electrons. The molecule has 0 saturated carbocycles. The van der Waals surface area contributed by atoms with Crippen LogP contribution in [0.25, 0.3) is 17.1 Å². The van der Waals surface area contributed by atoms with E-state index < -0.39 is 11.7 Å². The molecule has 8 heteroatoms. The summed E-state index contributed by atoms with van der Waals surface area (Å²) in [7, 11) is 0. The van der Waals surface area contributed by atoms with E-state index in [0.717, 1.165) is 12.1 Å². The van der Waals surface area contributed by atoms with Crippen LogP contribution in [0.4, 0.5) is 19.0 Å². The fraction of sp³-hybridized carbons (Fsp3) is 0.0526. The highest BCUT2D eigenvalue weighted by Crippen LogP contribution is 2.33. The van der Waals surface area contributed by atoms with Crippen molar-refractivity contribution >= 4 is 29.3 Å². The van der Waals surface area contributed by atoms with Crippen molar-refractivity contribution in [1.29, 1.82) is 0 Å². The van der Waals surface area contributed by atoms with Crippen LogP contribution < -0.4 is 0 Å². The van der Waals surface area contributed by atoms with Crippen molar-refractivity contribution in [3.05, 3.63) is 77.1 Å². The predicted molar refractivity (Wildman–Crippen MR) is 96.6 cm³/mol. The van der Waals surface area contributed by atoms with Crippen LogP contribution in [0.5, 0.6) is 0 Å². The first-order chi connectivity index (χ1) is 12.9. The molecule has 0 radical (unpaired) electrons. The summed E-state index contributed by atoms with van der Waals surface area (Å²) in [5.41, 5.74) is 0.624. The number of hydrogen-bond acceptors (Lipinski definition) is 3. The molecule has 3 aromatic heterocycles. The number of rotatable bonds is 3. The van der Waals surface area contributed by atoms with Gasteiger partial charge in [-0.1, -0.05) is 23.7 Å². The molecule has 4 rings (SSSR count). The average molecular weight is 390 g/mol. The summed E-state index contributed by atoms with van der Waals surface area (Å²) in [5, 5.41) is 0.474. The number of furan rings is 1. The second kappa shape index (κ2) is 6.59. The van der Waals surface area contributed by atoms with Crippen LogP contribution in [0, 0.1) is 0 Å². The maximum Gasteiger partial charge on any atom is 0.416 e. The third kappa shape index (κ3) is 3.46. The molecule has 1 aromatic carbocycles. The molecular weight excluding hydrogens is 379 g/mol. The highest BCUT2D eigenvalue weighted by atomic mass is 35.5. The van der Waals surface area contributed by atoms with E-state index in [9.17, 15) is 13.2 Å². The largest absolute Gasteiger partial charge is 0.463 e. The molecule has 27 heavy (non-hydrogen) atoms. The summed E-state index contributed by atoms with van der Waals surface area (Å²) < 4.78 is 45.8. The summed E-state index contributed by atoms with van der Waals surface area (Å²) in [6, 6.07) is 11.8. The quantitative estimate of drug-likeness (QED) is 0.402. The topological polar surface area (TPSA) is 42.8 Å². The lowest BCUT2D eigenvalue weighted by Crippen LogP contribution is -2.04. The summed E-state index contributed by atoms with van der Waals surface area (Å²) in [4.78, 5) is 8.86. The zero-order valence-corrected chi connectivity index (χ0v) is 14.4. The van der Waals surface area contributed by atoms with Crippen molar-refractivity contribution < 1.29 is 17.6 Å². The summed E-state index contributed by atoms with van der Waals surface area (Å²) in [5.74, 6) is 0.894. The van der Waals surface area contributed by atoms with Gasteiger partial charge in [0.15, 0.2) is 17.3 Å². The number of imidazole rings is 1. The minimum atomic E-state index is -4.42. The van der Waals surface area contributed by atoms with Gasteiger partial charge in [-0.15, -0.1) is 0 Å². The van der Waals surface area contributed by atoms with E-state index in [2.05, 4.69) is 9.98 Å². The zero-order valence-electron chi connectivity index (χ0n) is 13.6. The number of fused-ring (bicyclic) bond motifs is 1. The minimum Gasteiger partial charge on any atom is -0.463 e. The van der Waals surface area contributed by atoms with Gasteiger partial charge in [0.05, 0.1) is 16.8 Å². The number of pyridine rings is 1. The molecule has 0 atom stereocenters. The van der Waals surface area contributed by atoms with Gasteiger partial charge >= 0.3 is 6.18 Å². The molecule has 0 amide bonds. The Morgan fingerprint density at radius 3 is 2.70 bits per heavy atom. The van der Waals surface area contributed by atoms with Gasteiger partial charge in [0.2, 0.25) is 0 Å². The van der Waals surface area contributed by atoms with E-state index in [4.69, 9.17) is 16.0 Å². The third-order valence-corrected chi connectivity index (χ3v) is 4.09. The third-order valence-electron chi connectivity index (χ3n) is 3.86. The maximum absolute atomic E-state index is 12.9. The lowest BCUT2D eigenvalue weighted by molar-refractivity contribution is -0.137. The van der Waals surface area contributed by atoms with E-state index in [1.807, 2.05) is 0 Å². The number of aromatic nitrogens is 2. The second-order valence-electron chi connectivity index (χ2n) is 5.72. The molecule has 0 fully saturated rings. The van der Waals surface area contributed by atoms with Gasteiger partial charge in [-0.3, -0.25) is 4.40 Å². The molecule has 4 aromatic rings. The van der Waals surface area contributed by atoms with Gasteiger partial charge in [-0.25, -0.2) is 9.98 Å². The summed E-state index contributed by atoms with van der Waals surface area (Å²) in [6.07, 6.45) is 0.0772. The summed E-state index contributed by atoms with van der Waals surface area (Å²) >= 11 is 6.06. The van der Waals surface area contributed by atoms with Crippen LogP contribution in [-0.4, -0.2) is 15.6 Å². The standard InChI is InChI=1S/C19H11ClF3N3O/c20-14-6-7-16-25-17(15-5-2-8-27-15)18(26(16)11-14)24-10-12-3-1-4-13(9-12)19(21,22)23/h1-11H. The van der Waals surface area contributed by atoms with Crippen LogP contribution in [0.15, 0.2) is 70.4 Å². The minimum absolute atomic E-state index is 0.312. The van der Waals surface area contributed by atoms with E-state index in [1.165, 1.54) is 18.5 Å². The summed E-state index contributed by atoms with van der Waals surface area (Å²) in [6.45, 7) is 0. The Hall–Kier alpha value is -3.06. The number of aliphatic imine (C=N–C) groups is 1. The zero-order chi connectivity index (χ0) is 19.0. The smallest absolute Gasteiger partial charge is 0.416 e. The Labute approximate surface area is 156 Å². The normalized spacial score (nSPS) is 12.3. The predicted octanol–water partition coefficient (Wildman–Crippen LogP) is 6.02. The molecule has 0 aliphatic rings. The molecule has 0 saturated heterocycles. The van der Waals surface area contributed by atoms with Crippen molar-refractivity contribution in [3.8, 4) is 11.5 Å². The number of hydrogen-bond donors (Lipinski definition) is 0. The Balaban J connectivity index is 1.83. The molecule has 3 heterocycles. The van der Waals surface area contributed by atoms with Crippen LogP contribution in [0.3, 0.4) is 0 Å². The Kier molecular flexibility index (Phi) is 4.24. The first-order valence-corrected chi connectivity index (χ1v) is 8.22. The second-order valence-corrected chi connectivity index (χ2v) is 6.15. The van der Waals surface area contributed by atoms with Gasteiger partial charge in [-0.2, -0.15) is 13.2 Å². The van der Waals surface area contributed by atoms with Gasteiger partial charge in [0, 0.05) is 12.4 Å². The fourth-order valence-electron chi connectivity index (χ4n) is 2.64. The van der Waals surface area contributed by atoms with Crippen molar-refractivity contribution in [1.82, 2.24) is 9.38 Å². The average Bonchev–Trinajstić information content (AvgIpc) is 3.27. The molecule has 4 nitrogen and oxygen atoms in total. The van der Waals surface area contributed by atoms with Crippen LogP contribution in [-0.2, 0) is 6.18 Å². The van der Waals surface area contributed by atoms with Crippen LogP contribution >= 0.6 is 11.6 Å². The first-order valence-electron chi connectivity index (χ1n) is 7.84. The lowest BCUT2D eigenvalue weighted by atomic mass is 10.1. The SMILES string of the molecule is FC(F)(F)c1cccc(C=Nc2c(-c3ccco3)nc3ccc(Cl)cn23)c1. The van der Waals surface area contributed by atoms with E-state index in [1.54, 1.807) is 40.9 Å². The highest BCUT2D eigenvalue weighted by Gasteiger charge is 2.30. The first kappa shape index (κ1) is 17.4. The molecule has 0 aliphatic heterocycles. The van der Waals surface area contributed by atoms with Crippen molar-refractivity contribution in [2.24, 2.45) is 4.99 Å². The van der Waals surface area contributed by atoms with E-state index in [-0.39, 0.29) is 0 Å². The molecule has 0 unspecified atom stereocenters. The molecule has 0 bridgehead atoms. The number of alkyl halides is 3. The van der Waals surface area contributed by atoms with Gasteiger partial charge in [-0.05, 0) is 42.0 Å². The maximum atomic E-state index is 12.9. The monoisotopic (exact) mass is 389 g/mol. The molecule has 0 aliphatic carbocycles. The van der Waals surface area contributed by atoms with Crippen molar-refractivity contribution in [2.75, 3.05) is 0 Å². The van der Waals surface area contributed by atoms with Crippen LogP contribution in [0.2, 0.25) is 5.02 Å². The van der Waals surface area contributed by atoms with E-state index in [0.29, 0.717) is 33.5 Å². The highest BCUT2D eigenvalue weighted by molar-refractivity contribution is 6.30. The Bertz CT molecular complexity index is 1130. The van der Waals surface area contributed by atoms with Gasteiger partial charge < -0.3 is 4.42 Å². The number of halogens is 4.